The summed E-state index contributed by atoms with van der Waals surface area (Å²) in [4.78, 5) is 16.5. The van der Waals surface area contributed by atoms with Crippen LogP contribution < -0.4 is 5.32 Å². The van der Waals surface area contributed by atoms with Gasteiger partial charge in [-0.3, -0.25) is 4.79 Å². The average Bonchev–Trinajstić information content (AvgIpc) is 2.84. The number of aryl methyl sites for hydroxylation is 1. The Morgan fingerprint density at radius 1 is 1.45 bits per heavy atom. The van der Waals surface area contributed by atoms with Gasteiger partial charge in [0.05, 0.1) is 6.07 Å². The van der Waals surface area contributed by atoms with Crippen LogP contribution in [0.3, 0.4) is 0 Å². The number of nitrogens with zero attached hydrogens (tertiary/aromatic N) is 3. The molecule has 110 valence electrons. The Morgan fingerprint density at radius 3 is 2.55 bits per heavy atom. The van der Waals surface area contributed by atoms with Gasteiger partial charge in [-0.2, -0.15) is 5.26 Å². The minimum atomic E-state index is -0.870. The quantitative estimate of drug-likeness (QED) is 0.791. The normalized spacial score (nSPS) is 11.1. The van der Waals surface area contributed by atoms with Crippen molar-refractivity contribution in [3.63, 3.8) is 0 Å². The standard InChI is InChI=1S/C15H24N4O/c1-4-7-15(12-16,8-5-2)14(20)18-9-6-13-17-10-11-19(13)3/h10-11H,4-9H2,1-3H3,(H,18,20). The van der Waals surface area contributed by atoms with Crippen LogP contribution in [0.2, 0.25) is 0 Å². The topological polar surface area (TPSA) is 70.7 Å². The van der Waals surface area contributed by atoms with Crippen molar-refractivity contribution < 1.29 is 4.79 Å². The highest BCUT2D eigenvalue weighted by Crippen LogP contribution is 2.29. The number of imidazole rings is 1. The molecule has 0 fully saturated rings. The van der Waals surface area contributed by atoms with E-state index in [0.717, 1.165) is 18.7 Å². The molecule has 1 amide bonds. The Bertz CT molecular complexity index is 466. The highest BCUT2D eigenvalue weighted by Gasteiger charge is 2.36. The van der Waals surface area contributed by atoms with Crippen molar-refractivity contribution >= 4 is 5.91 Å². The third-order valence-electron chi connectivity index (χ3n) is 3.56. The molecule has 0 atom stereocenters. The van der Waals surface area contributed by atoms with Gasteiger partial charge in [-0.05, 0) is 12.8 Å². The molecule has 5 heteroatoms. The number of amides is 1. The summed E-state index contributed by atoms with van der Waals surface area (Å²) >= 11 is 0. The molecule has 0 spiro atoms. The molecule has 0 aliphatic carbocycles. The number of rotatable bonds is 8. The first-order chi connectivity index (χ1) is 9.59. The van der Waals surface area contributed by atoms with Crippen LogP contribution in [0.4, 0.5) is 0 Å². The maximum absolute atomic E-state index is 12.3. The molecule has 0 aromatic carbocycles. The zero-order valence-electron chi connectivity index (χ0n) is 12.6. The van der Waals surface area contributed by atoms with Gasteiger partial charge in [-0.1, -0.05) is 26.7 Å². The first-order valence-electron chi connectivity index (χ1n) is 7.25. The number of nitriles is 1. The third-order valence-corrected chi connectivity index (χ3v) is 3.56. The predicted octanol–water partition coefficient (Wildman–Crippen LogP) is 2.19. The van der Waals surface area contributed by atoms with Crippen LogP contribution in [0.25, 0.3) is 0 Å². The molecule has 1 N–H and O–H groups in total. The number of carbonyl (C=O) groups excluding carboxylic acids is 1. The van der Waals surface area contributed by atoms with Crippen LogP contribution in [0.15, 0.2) is 12.4 Å². The molecular formula is C15H24N4O. The molecule has 0 bridgehead atoms. The van der Waals surface area contributed by atoms with Gasteiger partial charge in [0.15, 0.2) is 0 Å². The summed E-state index contributed by atoms with van der Waals surface area (Å²) in [5.74, 6) is 0.789. The maximum Gasteiger partial charge on any atom is 0.240 e. The van der Waals surface area contributed by atoms with E-state index in [1.807, 2.05) is 31.7 Å². The van der Waals surface area contributed by atoms with Crippen molar-refractivity contribution in [3.8, 4) is 6.07 Å². The average molecular weight is 276 g/mol. The zero-order valence-corrected chi connectivity index (χ0v) is 12.6. The van der Waals surface area contributed by atoms with Crippen molar-refractivity contribution in [3.05, 3.63) is 18.2 Å². The monoisotopic (exact) mass is 276 g/mol. The molecule has 0 unspecified atom stereocenters. The first-order valence-corrected chi connectivity index (χ1v) is 7.25. The number of aromatic nitrogens is 2. The summed E-state index contributed by atoms with van der Waals surface area (Å²) in [5, 5.41) is 12.3. The Labute approximate surface area is 121 Å². The van der Waals surface area contributed by atoms with E-state index < -0.39 is 5.41 Å². The minimum Gasteiger partial charge on any atom is -0.354 e. The largest absolute Gasteiger partial charge is 0.354 e. The lowest BCUT2D eigenvalue weighted by Crippen LogP contribution is -2.41. The van der Waals surface area contributed by atoms with Crippen LogP contribution >= 0.6 is 0 Å². The minimum absolute atomic E-state index is 0.141. The van der Waals surface area contributed by atoms with Gasteiger partial charge in [-0.25, -0.2) is 4.98 Å². The van der Waals surface area contributed by atoms with E-state index in [1.54, 1.807) is 6.20 Å². The van der Waals surface area contributed by atoms with Crippen molar-refractivity contribution in [2.24, 2.45) is 12.5 Å². The highest BCUT2D eigenvalue weighted by molar-refractivity contribution is 5.85. The summed E-state index contributed by atoms with van der Waals surface area (Å²) in [6, 6.07) is 2.24. The number of carbonyl (C=O) groups is 1. The first kappa shape index (κ1) is 16.2. The van der Waals surface area contributed by atoms with Gasteiger partial charge >= 0.3 is 0 Å². The van der Waals surface area contributed by atoms with Crippen LogP contribution in [0.1, 0.15) is 45.4 Å². The van der Waals surface area contributed by atoms with Crippen molar-refractivity contribution in [1.82, 2.24) is 14.9 Å². The molecule has 20 heavy (non-hydrogen) atoms. The Balaban J connectivity index is 2.58. The second-order valence-corrected chi connectivity index (χ2v) is 5.15. The van der Waals surface area contributed by atoms with Gasteiger partial charge in [0.2, 0.25) is 5.91 Å². The molecule has 0 radical (unpaired) electrons. The third kappa shape index (κ3) is 3.83. The van der Waals surface area contributed by atoms with E-state index in [4.69, 9.17) is 0 Å². The lowest BCUT2D eigenvalue weighted by Gasteiger charge is -2.24. The fourth-order valence-corrected chi connectivity index (χ4v) is 2.46. The fraction of sp³-hybridized carbons (Fsp3) is 0.667. The SMILES string of the molecule is CCCC(C#N)(CCC)C(=O)NCCc1nccn1C. The van der Waals surface area contributed by atoms with Gasteiger partial charge in [0, 0.05) is 32.4 Å². The Morgan fingerprint density at radius 2 is 2.10 bits per heavy atom. The molecular weight excluding hydrogens is 252 g/mol. The second-order valence-electron chi connectivity index (χ2n) is 5.15. The Kier molecular flexibility index (Phi) is 6.23. The van der Waals surface area contributed by atoms with Crippen LogP contribution in [-0.4, -0.2) is 22.0 Å². The van der Waals surface area contributed by atoms with Crippen LogP contribution in [-0.2, 0) is 18.3 Å². The van der Waals surface area contributed by atoms with E-state index in [1.165, 1.54) is 0 Å². The highest BCUT2D eigenvalue weighted by atomic mass is 16.2. The molecule has 5 nitrogen and oxygen atoms in total. The molecule has 1 heterocycles. The maximum atomic E-state index is 12.3. The number of hydrogen-bond donors (Lipinski definition) is 1. The smallest absolute Gasteiger partial charge is 0.240 e. The molecule has 0 saturated carbocycles. The number of hydrogen-bond acceptors (Lipinski definition) is 3. The molecule has 0 saturated heterocycles. The molecule has 1 aromatic heterocycles. The lowest BCUT2D eigenvalue weighted by atomic mass is 9.80. The zero-order chi connectivity index (χ0) is 15.0. The molecule has 1 rings (SSSR count). The van der Waals surface area contributed by atoms with E-state index >= 15 is 0 Å². The lowest BCUT2D eigenvalue weighted by molar-refractivity contribution is -0.128. The Hall–Kier alpha value is -1.83. The van der Waals surface area contributed by atoms with Crippen molar-refractivity contribution in [2.45, 2.75) is 46.0 Å². The van der Waals surface area contributed by atoms with Gasteiger partial charge in [0.1, 0.15) is 11.2 Å². The van der Waals surface area contributed by atoms with Crippen molar-refractivity contribution in [2.75, 3.05) is 6.54 Å². The summed E-state index contributed by atoms with van der Waals surface area (Å²) < 4.78 is 1.93. The van der Waals surface area contributed by atoms with Crippen molar-refractivity contribution in [1.29, 1.82) is 5.26 Å². The summed E-state index contributed by atoms with van der Waals surface area (Å²) in [5.41, 5.74) is -0.870. The van der Waals surface area contributed by atoms with E-state index in [0.29, 0.717) is 25.8 Å². The van der Waals surface area contributed by atoms with Crippen LogP contribution in [0.5, 0.6) is 0 Å². The number of nitrogens with one attached hydrogen (secondary N) is 1. The van der Waals surface area contributed by atoms with E-state index in [2.05, 4.69) is 16.4 Å². The fourth-order valence-electron chi connectivity index (χ4n) is 2.46. The second kappa shape index (κ2) is 7.68. The predicted molar refractivity (Wildman–Crippen MR) is 77.8 cm³/mol. The summed E-state index contributed by atoms with van der Waals surface area (Å²) in [6.07, 6.45) is 7.20. The van der Waals surface area contributed by atoms with Crippen LogP contribution in [0, 0.1) is 16.7 Å². The molecule has 1 aromatic rings. The van der Waals surface area contributed by atoms with Gasteiger partial charge in [-0.15, -0.1) is 0 Å². The van der Waals surface area contributed by atoms with E-state index in [9.17, 15) is 10.1 Å². The molecule has 0 aliphatic rings. The van der Waals surface area contributed by atoms with E-state index in [-0.39, 0.29) is 5.91 Å². The summed E-state index contributed by atoms with van der Waals surface area (Å²) in [7, 11) is 1.93. The van der Waals surface area contributed by atoms with Gasteiger partial charge in [0.25, 0.3) is 0 Å². The summed E-state index contributed by atoms with van der Waals surface area (Å²) in [6.45, 7) is 4.52. The van der Waals surface area contributed by atoms with Gasteiger partial charge < -0.3 is 9.88 Å². The molecule has 0 aliphatic heterocycles.